The van der Waals surface area contributed by atoms with Crippen molar-refractivity contribution in [1.29, 1.82) is 0 Å². The molecular weight excluding hydrogens is 703 g/mol. The number of nitrogens with one attached hydrogen (secondary N) is 1. The Morgan fingerprint density at radius 2 is 1.34 bits per heavy atom. The molecular formula is C48H65NO7. The number of hydrogen-bond donors (Lipinski definition) is 2. The zero-order valence-electron chi connectivity index (χ0n) is 33.4. The number of carbonyl (C=O) groups is 1. The first kappa shape index (κ1) is 42.1. The number of ether oxygens (including phenoxy) is 5. The predicted octanol–water partition coefficient (Wildman–Crippen LogP) is 10.4. The van der Waals surface area contributed by atoms with Crippen molar-refractivity contribution in [3.05, 3.63) is 108 Å². The minimum Gasteiger partial charge on any atom is -0.449 e. The first-order chi connectivity index (χ1) is 27.5. The smallest absolute Gasteiger partial charge is 0.407 e. The van der Waals surface area contributed by atoms with Crippen molar-refractivity contribution in [2.75, 3.05) is 26.4 Å². The molecule has 2 N–H and O–H groups in total. The van der Waals surface area contributed by atoms with Crippen LogP contribution in [0.5, 0.6) is 0 Å². The van der Waals surface area contributed by atoms with Crippen LogP contribution in [0.1, 0.15) is 125 Å². The Hall–Kier alpha value is -3.53. The van der Waals surface area contributed by atoms with Crippen LogP contribution in [0, 0.1) is 0 Å². The Morgan fingerprint density at radius 3 is 1.98 bits per heavy atom. The number of aliphatic hydroxyl groups excluding tert-OH is 1. The lowest BCUT2D eigenvalue weighted by Crippen LogP contribution is -2.42. The second-order valence-electron chi connectivity index (χ2n) is 16.0. The highest BCUT2D eigenvalue weighted by Gasteiger charge is 2.52. The van der Waals surface area contributed by atoms with Crippen molar-refractivity contribution in [2.45, 2.75) is 145 Å². The van der Waals surface area contributed by atoms with E-state index in [1.54, 1.807) is 6.08 Å². The van der Waals surface area contributed by atoms with Crippen molar-refractivity contribution < 1.29 is 33.6 Å². The molecule has 0 spiro atoms. The van der Waals surface area contributed by atoms with Gasteiger partial charge >= 0.3 is 6.09 Å². The van der Waals surface area contributed by atoms with Crippen LogP contribution >= 0.6 is 0 Å². The maximum atomic E-state index is 13.1. The maximum absolute atomic E-state index is 13.1. The average molecular weight is 768 g/mol. The topological polar surface area (TPSA) is 95.5 Å². The average Bonchev–Trinajstić information content (AvgIpc) is 3.72. The molecule has 0 radical (unpaired) electrons. The third kappa shape index (κ3) is 12.2. The first-order valence-corrected chi connectivity index (χ1v) is 21.5. The van der Waals surface area contributed by atoms with Gasteiger partial charge in [-0.3, -0.25) is 0 Å². The van der Waals surface area contributed by atoms with Gasteiger partial charge in [0.1, 0.15) is 18.8 Å². The minimum absolute atomic E-state index is 0.0150. The Balaban J connectivity index is 0.786. The van der Waals surface area contributed by atoms with Gasteiger partial charge in [0.15, 0.2) is 5.79 Å². The summed E-state index contributed by atoms with van der Waals surface area (Å²) < 4.78 is 30.2. The molecule has 1 aliphatic carbocycles. The fourth-order valence-electron chi connectivity index (χ4n) is 8.63. The summed E-state index contributed by atoms with van der Waals surface area (Å²) in [6.07, 6.45) is 19.0. The lowest BCUT2D eigenvalue weighted by atomic mass is 9.95. The predicted molar refractivity (Wildman–Crippen MR) is 221 cm³/mol. The summed E-state index contributed by atoms with van der Waals surface area (Å²) in [5, 5.41) is 13.2. The van der Waals surface area contributed by atoms with Crippen LogP contribution in [0.3, 0.4) is 0 Å². The maximum Gasteiger partial charge on any atom is 0.407 e. The molecule has 2 bridgehead atoms. The summed E-state index contributed by atoms with van der Waals surface area (Å²) >= 11 is 0. The van der Waals surface area contributed by atoms with E-state index in [2.05, 4.69) is 48.3 Å². The number of hydrogen-bond acceptors (Lipinski definition) is 7. The molecule has 304 valence electrons. The summed E-state index contributed by atoms with van der Waals surface area (Å²) in [5.41, 5.74) is 5.90. The van der Waals surface area contributed by atoms with Crippen LogP contribution in [0.25, 0.3) is 11.1 Å². The molecule has 0 unspecified atom stereocenters. The highest BCUT2D eigenvalue weighted by molar-refractivity contribution is 5.79. The van der Waals surface area contributed by atoms with E-state index in [0.717, 1.165) is 44.1 Å². The second-order valence-corrected chi connectivity index (χ2v) is 16.0. The van der Waals surface area contributed by atoms with Crippen LogP contribution in [0.15, 0.2) is 91.5 Å². The van der Waals surface area contributed by atoms with E-state index in [0.29, 0.717) is 26.4 Å². The van der Waals surface area contributed by atoms with Gasteiger partial charge in [-0.2, -0.15) is 0 Å². The third-order valence-electron chi connectivity index (χ3n) is 11.7. The number of carbonyl (C=O) groups excluding carboxylic acids is 1. The SMILES string of the molecule is C=C[C@H]1O[C@]2(CCCCCCCCCCCCCCCOC[C@@H](COCc3ccccc3)NC(=O)OCC3c4ccccc4-c4ccccc43)CC[C@@H](O)[C@H]1O2. The molecule has 2 saturated heterocycles. The minimum atomic E-state index is -0.496. The summed E-state index contributed by atoms with van der Waals surface area (Å²) in [6, 6.07) is 26.5. The Labute approximate surface area is 335 Å². The molecule has 2 aliphatic heterocycles. The highest BCUT2D eigenvalue weighted by atomic mass is 16.8. The summed E-state index contributed by atoms with van der Waals surface area (Å²) in [4.78, 5) is 13.1. The van der Waals surface area contributed by atoms with Crippen molar-refractivity contribution >= 4 is 6.09 Å². The number of alkyl carbamates (subject to hydrolysis) is 1. The molecule has 6 rings (SSSR count). The molecule has 2 heterocycles. The molecule has 8 nitrogen and oxygen atoms in total. The van der Waals surface area contributed by atoms with Gasteiger partial charge in [0, 0.05) is 25.4 Å². The van der Waals surface area contributed by atoms with Gasteiger partial charge < -0.3 is 34.1 Å². The highest BCUT2D eigenvalue weighted by Crippen LogP contribution is 2.45. The normalized spacial score (nSPS) is 21.7. The van der Waals surface area contributed by atoms with Crippen LogP contribution in [0.2, 0.25) is 0 Å². The Morgan fingerprint density at radius 1 is 0.768 bits per heavy atom. The van der Waals surface area contributed by atoms with E-state index in [9.17, 15) is 9.90 Å². The van der Waals surface area contributed by atoms with Crippen LogP contribution in [-0.4, -0.2) is 67.8 Å². The monoisotopic (exact) mass is 767 g/mol. The van der Waals surface area contributed by atoms with E-state index < -0.39 is 18.0 Å². The molecule has 5 atom stereocenters. The largest absolute Gasteiger partial charge is 0.449 e. The third-order valence-corrected chi connectivity index (χ3v) is 11.7. The van der Waals surface area contributed by atoms with Gasteiger partial charge in [0.25, 0.3) is 0 Å². The van der Waals surface area contributed by atoms with Crippen LogP contribution < -0.4 is 5.32 Å². The zero-order valence-corrected chi connectivity index (χ0v) is 33.4. The van der Waals surface area contributed by atoms with E-state index >= 15 is 0 Å². The van der Waals surface area contributed by atoms with Gasteiger partial charge in [-0.25, -0.2) is 4.79 Å². The molecule has 1 amide bonds. The zero-order chi connectivity index (χ0) is 38.8. The fraction of sp³-hybridized carbons (Fsp3) is 0.562. The summed E-state index contributed by atoms with van der Waals surface area (Å²) in [7, 11) is 0. The molecule has 3 aromatic rings. The summed E-state index contributed by atoms with van der Waals surface area (Å²) in [6.45, 7) is 5.99. The Bertz CT molecular complexity index is 1570. The van der Waals surface area contributed by atoms with E-state index in [4.69, 9.17) is 23.7 Å². The number of unbranched alkanes of at least 4 members (excludes halogenated alkanes) is 12. The fourth-order valence-corrected chi connectivity index (χ4v) is 8.63. The van der Waals surface area contributed by atoms with Gasteiger partial charge in [0.05, 0.1) is 32.0 Å². The molecule has 8 heteroatoms. The lowest BCUT2D eigenvalue weighted by Gasteiger charge is -2.33. The molecule has 2 fully saturated rings. The lowest BCUT2D eigenvalue weighted by molar-refractivity contribution is -0.213. The molecule has 3 aromatic carbocycles. The first-order valence-electron chi connectivity index (χ1n) is 21.5. The van der Waals surface area contributed by atoms with Crippen molar-refractivity contribution in [3.63, 3.8) is 0 Å². The van der Waals surface area contributed by atoms with E-state index in [-0.39, 0.29) is 30.8 Å². The van der Waals surface area contributed by atoms with Gasteiger partial charge in [-0.15, -0.1) is 6.58 Å². The van der Waals surface area contributed by atoms with Crippen molar-refractivity contribution in [2.24, 2.45) is 0 Å². The van der Waals surface area contributed by atoms with Crippen LogP contribution in [0.4, 0.5) is 4.79 Å². The van der Waals surface area contributed by atoms with Gasteiger partial charge in [-0.1, -0.05) is 156 Å². The molecule has 56 heavy (non-hydrogen) atoms. The number of rotatable bonds is 26. The molecule has 0 saturated carbocycles. The number of fused-ring (bicyclic) bond motifs is 5. The standard InChI is InChI=1S/C48H65NO7/c1-2-45-46-44(50)29-31-48(55-45,56-46)30-21-12-10-8-6-4-3-5-7-9-11-13-22-32-52-34-38(35-53-33-37-23-15-14-16-24-37)49-47(51)54-36-43-41-27-19-17-25-39(41)40-26-18-20-28-42(40)43/h2,14-20,23-28,38,43-46,50H,1,3-13,21-22,29-36H2,(H,49,51)/t38-,44+,45+,46+,48-/m0/s1. The molecule has 3 aliphatic rings. The number of benzene rings is 3. The van der Waals surface area contributed by atoms with Crippen LogP contribution in [-0.2, 0) is 30.3 Å². The summed E-state index contributed by atoms with van der Waals surface area (Å²) in [5.74, 6) is -0.481. The van der Waals surface area contributed by atoms with Crippen molar-refractivity contribution in [1.82, 2.24) is 5.32 Å². The molecule has 0 aromatic heterocycles. The van der Waals surface area contributed by atoms with E-state index in [1.165, 1.54) is 86.5 Å². The van der Waals surface area contributed by atoms with Gasteiger partial charge in [0.2, 0.25) is 0 Å². The van der Waals surface area contributed by atoms with Gasteiger partial charge in [-0.05, 0) is 47.1 Å². The van der Waals surface area contributed by atoms with Crippen molar-refractivity contribution in [3.8, 4) is 11.1 Å². The number of amides is 1. The second kappa shape index (κ2) is 22.4. The van der Waals surface area contributed by atoms with E-state index in [1.807, 2.05) is 42.5 Å². The number of aliphatic hydroxyl groups is 1. The Kier molecular flexibility index (Phi) is 16.8. The quantitative estimate of drug-likeness (QED) is 0.0620.